The Morgan fingerprint density at radius 3 is 2.31 bits per heavy atom. The number of anilines is 3. The summed E-state index contributed by atoms with van der Waals surface area (Å²) in [4.78, 5) is 7.22. The van der Waals surface area contributed by atoms with Crippen LogP contribution in [0.5, 0.6) is 0 Å². The normalized spacial score (nSPS) is 13.8. The van der Waals surface area contributed by atoms with Gasteiger partial charge in [0.2, 0.25) is 0 Å². The lowest BCUT2D eigenvalue weighted by atomic mass is 9.82. The van der Waals surface area contributed by atoms with Crippen LogP contribution in [0.2, 0.25) is 0 Å². The molecule has 51 heavy (non-hydrogen) atoms. The maximum atomic E-state index is 6.70. The van der Waals surface area contributed by atoms with Gasteiger partial charge in [-0.3, -0.25) is 0 Å². The molecule has 0 atom stereocenters. The molecule has 0 radical (unpaired) electrons. The van der Waals surface area contributed by atoms with E-state index in [1.165, 1.54) is 65.0 Å². The number of hydrogen-bond donors (Lipinski definition) is 0. The molecule has 4 aromatic heterocycles. The quantitative estimate of drug-likeness (QED) is 0.187. The number of hydrogen-bond acceptors (Lipinski definition) is 4. The van der Waals surface area contributed by atoms with Crippen LogP contribution in [0.15, 0.2) is 143 Å². The van der Waals surface area contributed by atoms with Crippen LogP contribution in [0.4, 0.5) is 17.1 Å². The molecular formula is C46H29N3OS. The Morgan fingerprint density at radius 1 is 0.627 bits per heavy atom. The van der Waals surface area contributed by atoms with Gasteiger partial charge >= 0.3 is 0 Å². The van der Waals surface area contributed by atoms with Crippen molar-refractivity contribution in [3.05, 3.63) is 150 Å². The Kier molecular flexibility index (Phi) is 5.17. The van der Waals surface area contributed by atoms with Crippen molar-refractivity contribution >= 4 is 98.6 Å². The largest absolute Gasteiger partial charge is 0.454 e. The van der Waals surface area contributed by atoms with Crippen molar-refractivity contribution < 1.29 is 4.42 Å². The SMILES string of the molecule is CC1(C)c2ccccc2-c2ccc(N(c3ccc4c(c3)c3cc5ncsc5c5c6ccccc6n4c35)c3cccc4c3oc3ccccc34)cc21. The summed E-state index contributed by atoms with van der Waals surface area (Å²) in [7, 11) is 0. The van der Waals surface area contributed by atoms with Crippen molar-refractivity contribution in [1.82, 2.24) is 9.38 Å². The van der Waals surface area contributed by atoms with Gasteiger partial charge in [0, 0.05) is 49.1 Å². The summed E-state index contributed by atoms with van der Waals surface area (Å²) in [5.74, 6) is 0. The molecule has 11 aromatic rings. The maximum Gasteiger partial charge on any atom is 0.159 e. The highest BCUT2D eigenvalue weighted by Gasteiger charge is 2.36. The second kappa shape index (κ2) is 9.53. The minimum Gasteiger partial charge on any atom is -0.454 e. The van der Waals surface area contributed by atoms with E-state index in [0.717, 1.165) is 44.5 Å². The lowest BCUT2D eigenvalue weighted by Gasteiger charge is -2.28. The van der Waals surface area contributed by atoms with Crippen LogP contribution in [0.3, 0.4) is 0 Å². The zero-order valence-corrected chi connectivity index (χ0v) is 28.8. The highest BCUT2D eigenvalue weighted by Crippen LogP contribution is 2.52. The molecule has 0 unspecified atom stereocenters. The van der Waals surface area contributed by atoms with E-state index in [-0.39, 0.29) is 5.41 Å². The van der Waals surface area contributed by atoms with Crippen molar-refractivity contribution in [3.8, 4) is 11.1 Å². The fraction of sp³-hybridized carbons (Fsp3) is 0.0652. The van der Waals surface area contributed by atoms with Crippen LogP contribution < -0.4 is 4.90 Å². The van der Waals surface area contributed by atoms with E-state index >= 15 is 0 Å². The smallest absolute Gasteiger partial charge is 0.159 e. The van der Waals surface area contributed by atoms with Gasteiger partial charge in [-0.25, -0.2) is 4.98 Å². The Bertz CT molecular complexity index is 3250. The molecule has 0 saturated carbocycles. The first-order valence-electron chi connectivity index (χ1n) is 17.5. The third-order valence-corrected chi connectivity index (χ3v) is 12.3. The molecule has 240 valence electrons. The van der Waals surface area contributed by atoms with Crippen molar-refractivity contribution in [2.75, 3.05) is 4.90 Å². The Balaban J connectivity index is 1.17. The molecule has 0 amide bonds. The van der Waals surface area contributed by atoms with Gasteiger partial charge in [-0.05, 0) is 76.9 Å². The van der Waals surface area contributed by atoms with E-state index in [4.69, 9.17) is 9.40 Å². The van der Waals surface area contributed by atoms with Crippen LogP contribution in [0.1, 0.15) is 25.0 Å². The van der Waals surface area contributed by atoms with E-state index in [9.17, 15) is 0 Å². The summed E-state index contributed by atoms with van der Waals surface area (Å²) < 4.78 is 10.4. The van der Waals surface area contributed by atoms with Gasteiger partial charge < -0.3 is 13.7 Å². The molecule has 1 aliphatic carbocycles. The number of nitrogens with zero attached hydrogens (tertiary/aromatic N) is 3. The third kappa shape index (κ3) is 3.46. The van der Waals surface area contributed by atoms with Crippen LogP contribution in [0, 0.1) is 0 Å². The first-order chi connectivity index (χ1) is 25.1. The van der Waals surface area contributed by atoms with Gasteiger partial charge in [-0.1, -0.05) is 92.7 Å². The number of benzene rings is 7. The van der Waals surface area contributed by atoms with Gasteiger partial charge in [-0.2, -0.15) is 0 Å². The summed E-state index contributed by atoms with van der Waals surface area (Å²) in [5.41, 5.74) is 16.9. The highest BCUT2D eigenvalue weighted by atomic mass is 32.1. The Hall–Kier alpha value is -6.17. The molecule has 0 fully saturated rings. The molecule has 0 saturated heterocycles. The predicted molar refractivity (Wildman–Crippen MR) is 214 cm³/mol. The van der Waals surface area contributed by atoms with Crippen molar-refractivity contribution in [3.63, 3.8) is 0 Å². The zero-order valence-electron chi connectivity index (χ0n) is 27.9. The zero-order chi connectivity index (χ0) is 33.6. The van der Waals surface area contributed by atoms with Crippen LogP contribution >= 0.6 is 11.3 Å². The van der Waals surface area contributed by atoms with Crippen LogP contribution in [-0.4, -0.2) is 9.38 Å². The van der Waals surface area contributed by atoms with Crippen LogP contribution in [-0.2, 0) is 5.41 Å². The Morgan fingerprint density at radius 2 is 1.37 bits per heavy atom. The molecule has 0 bridgehead atoms. The van der Waals surface area contributed by atoms with Gasteiger partial charge in [0.1, 0.15) is 5.58 Å². The fourth-order valence-electron chi connectivity index (χ4n) is 9.17. The summed E-state index contributed by atoms with van der Waals surface area (Å²) in [6.45, 7) is 4.69. The molecule has 0 spiro atoms. The van der Waals surface area contributed by atoms with E-state index in [1.807, 2.05) is 11.6 Å². The van der Waals surface area contributed by atoms with Crippen molar-refractivity contribution in [1.29, 1.82) is 0 Å². The number of thiazole rings is 1. The minimum absolute atomic E-state index is 0.129. The second-order valence-corrected chi connectivity index (χ2v) is 15.2. The third-order valence-electron chi connectivity index (χ3n) is 11.5. The molecule has 4 nitrogen and oxygen atoms in total. The topological polar surface area (TPSA) is 33.7 Å². The first kappa shape index (κ1) is 27.6. The van der Waals surface area contributed by atoms with E-state index < -0.39 is 0 Å². The number of para-hydroxylation sites is 3. The first-order valence-corrected chi connectivity index (χ1v) is 18.3. The standard InChI is InChI=1S/C46H29N3OS/c1-46(2)35-14-6-3-10-28(35)29-20-18-27(23-36(29)46)48(40-16-9-13-31-30-11-5-8-17-41(30)50-44(31)40)26-19-21-39-33(22-26)34-24-37-45(51-25-47-37)42-32-12-4-7-15-38(32)49(39)43(34)42/h3-25H,1-2H3. The molecule has 12 rings (SSSR count). The lowest BCUT2D eigenvalue weighted by molar-refractivity contribution is 0.660. The second-order valence-electron chi connectivity index (χ2n) is 14.4. The lowest BCUT2D eigenvalue weighted by Crippen LogP contribution is -2.16. The van der Waals surface area contributed by atoms with Crippen LogP contribution in [0.25, 0.3) is 81.4 Å². The Labute approximate surface area is 296 Å². The van der Waals surface area contributed by atoms with Gasteiger partial charge in [0.25, 0.3) is 0 Å². The predicted octanol–water partition coefficient (Wildman–Crippen LogP) is 13.1. The fourth-order valence-corrected chi connectivity index (χ4v) is 10.00. The molecule has 0 N–H and O–H groups in total. The minimum atomic E-state index is -0.129. The van der Waals surface area contributed by atoms with Gasteiger partial charge in [0.15, 0.2) is 5.58 Å². The van der Waals surface area contributed by atoms with Crippen molar-refractivity contribution in [2.24, 2.45) is 0 Å². The summed E-state index contributed by atoms with van der Waals surface area (Å²) in [6.07, 6.45) is 0. The molecule has 0 aliphatic heterocycles. The summed E-state index contributed by atoms with van der Waals surface area (Å²) in [6, 6.07) is 48.7. The molecular weight excluding hydrogens is 643 g/mol. The number of rotatable bonds is 3. The van der Waals surface area contributed by atoms with Crippen molar-refractivity contribution in [2.45, 2.75) is 19.3 Å². The van der Waals surface area contributed by atoms with Gasteiger partial charge in [0.05, 0.1) is 38.0 Å². The van der Waals surface area contributed by atoms with E-state index in [0.29, 0.717) is 0 Å². The molecule has 5 heteroatoms. The maximum absolute atomic E-state index is 6.70. The van der Waals surface area contributed by atoms with E-state index in [2.05, 4.69) is 151 Å². The monoisotopic (exact) mass is 671 g/mol. The summed E-state index contributed by atoms with van der Waals surface area (Å²) >= 11 is 1.73. The van der Waals surface area contributed by atoms with Gasteiger partial charge in [-0.15, -0.1) is 11.3 Å². The molecule has 7 aromatic carbocycles. The summed E-state index contributed by atoms with van der Waals surface area (Å²) in [5, 5.41) is 7.24. The number of furan rings is 1. The number of aromatic nitrogens is 2. The number of fused-ring (bicyclic) bond motifs is 14. The average molecular weight is 672 g/mol. The highest BCUT2D eigenvalue weighted by molar-refractivity contribution is 7.18. The van der Waals surface area contributed by atoms with E-state index in [1.54, 1.807) is 11.3 Å². The molecule has 4 heterocycles. The molecule has 1 aliphatic rings. The average Bonchev–Trinajstić information content (AvgIpc) is 3.97.